The van der Waals surface area contributed by atoms with Crippen molar-refractivity contribution in [1.82, 2.24) is 10.3 Å². The molecule has 0 radical (unpaired) electrons. The van der Waals surface area contributed by atoms with Gasteiger partial charge in [0.05, 0.1) is 27.7 Å². The first kappa shape index (κ1) is 15.2. The lowest BCUT2D eigenvalue weighted by atomic mass is 10.2. The summed E-state index contributed by atoms with van der Waals surface area (Å²) >= 11 is 8.73. The second-order valence-corrected chi connectivity index (χ2v) is 5.26. The van der Waals surface area contributed by atoms with E-state index in [1.807, 2.05) is 0 Å². The second-order valence-electron chi connectivity index (χ2n) is 3.48. The fourth-order valence-corrected chi connectivity index (χ4v) is 1.46. The summed E-state index contributed by atoms with van der Waals surface area (Å²) < 4.78 is 37.0. The molecule has 0 saturated heterocycles. The van der Waals surface area contributed by atoms with Crippen LogP contribution in [0.5, 0.6) is 0 Å². The highest BCUT2D eigenvalue weighted by Gasteiger charge is 2.31. The fraction of sp³-hybridized carbons (Fsp3) is 0.400. The Kier molecular flexibility index (Phi) is 4.98. The second kappa shape index (κ2) is 5.88. The molecule has 1 aromatic rings. The summed E-state index contributed by atoms with van der Waals surface area (Å²) in [6, 6.07) is 0.785. The first-order valence-electron chi connectivity index (χ1n) is 4.85. The quantitative estimate of drug-likeness (QED) is 0.855. The van der Waals surface area contributed by atoms with E-state index in [4.69, 9.17) is 11.6 Å². The van der Waals surface area contributed by atoms with Gasteiger partial charge in [0.2, 0.25) is 5.91 Å². The maximum atomic E-state index is 12.3. The van der Waals surface area contributed by atoms with Crippen LogP contribution < -0.4 is 5.32 Å². The molecule has 8 heteroatoms. The maximum absolute atomic E-state index is 12.3. The normalized spacial score (nSPS) is 13.2. The highest BCUT2D eigenvalue weighted by atomic mass is 79.9. The Bertz CT molecular complexity index is 451. The molecule has 3 nitrogen and oxygen atoms in total. The maximum Gasteiger partial charge on any atom is 0.417 e. The molecule has 0 aliphatic heterocycles. The van der Waals surface area contributed by atoms with Crippen molar-refractivity contribution in [2.45, 2.75) is 24.5 Å². The molecule has 1 unspecified atom stereocenters. The lowest BCUT2D eigenvalue weighted by Gasteiger charge is -2.10. The highest BCUT2D eigenvalue weighted by molar-refractivity contribution is 9.10. The first-order chi connectivity index (χ1) is 8.21. The number of amides is 1. The average Bonchev–Trinajstić information content (AvgIpc) is 2.25. The van der Waals surface area contributed by atoms with Crippen LogP contribution in [0.15, 0.2) is 12.3 Å². The van der Waals surface area contributed by atoms with E-state index in [9.17, 15) is 18.0 Å². The third-order valence-corrected chi connectivity index (χ3v) is 2.78. The number of nitrogens with one attached hydrogen (secondary N) is 1. The van der Waals surface area contributed by atoms with Crippen molar-refractivity contribution in [2.24, 2.45) is 0 Å². The van der Waals surface area contributed by atoms with Gasteiger partial charge in [0.1, 0.15) is 0 Å². The predicted octanol–water partition coefficient (Wildman–Crippen LogP) is 3.15. The van der Waals surface area contributed by atoms with Crippen LogP contribution in [-0.4, -0.2) is 15.7 Å². The third kappa shape index (κ3) is 4.13. The minimum absolute atomic E-state index is 0.0221. The zero-order valence-electron chi connectivity index (χ0n) is 9.18. The van der Waals surface area contributed by atoms with Crippen molar-refractivity contribution in [2.75, 3.05) is 0 Å². The molecule has 0 saturated carbocycles. The molecule has 1 rings (SSSR count). The molecule has 0 aromatic carbocycles. The third-order valence-electron chi connectivity index (χ3n) is 2.04. The molecule has 0 aliphatic carbocycles. The van der Waals surface area contributed by atoms with Crippen LogP contribution in [0.1, 0.15) is 18.2 Å². The fourth-order valence-electron chi connectivity index (χ4n) is 1.06. The number of carbonyl (C=O) groups is 1. The minimum atomic E-state index is -4.48. The Morgan fingerprint density at radius 1 is 1.61 bits per heavy atom. The van der Waals surface area contributed by atoms with Gasteiger partial charge in [0.25, 0.3) is 0 Å². The topological polar surface area (TPSA) is 42.0 Å². The monoisotopic (exact) mass is 344 g/mol. The molecule has 0 spiro atoms. The molecule has 18 heavy (non-hydrogen) atoms. The number of nitrogens with zero attached hydrogens (tertiary/aromatic N) is 1. The summed E-state index contributed by atoms with van der Waals surface area (Å²) in [7, 11) is 0. The lowest BCUT2D eigenvalue weighted by Crippen LogP contribution is -2.29. The van der Waals surface area contributed by atoms with Crippen molar-refractivity contribution in [1.29, 1.82) is 0 Å². The SMILES string of the molecule is CC(Br)C(=O)NCc1ncc(C(F)(F)F)cc1Cl. The Labute approximate surface area is 115 Å². The predicted molar refractivity (Wildman–Crippen MR) is 64.5 cm³/mol. The van der Waals surface area contributed by atoms with Gasteiger partial charge >= 0.3 is 6.18 Å². The smallest absolute Gasteiger partial charge is 0.349 e. The molecule has 0 aliphatic rings. The van der Waals surface area contributed by atoms with Crippen LogP contribution in [0.4, 0.5) is 13.2 Å². The number of aromatic nitrogens is 1. The number of carbonyl (C=O) groups excluding carboxylic acids is 1. The van der Waals surface area contributed by atoms with Gasteiger partial charge in [-0.1, -0.05) is 27.5 Å². The Morgan fingerprint density at radius 2 is 2.22 bits per heavy atom. The van der Waals surface area contributed by atoms with Gasteiger partial charge in [-0.05, 0) is 13.0 Å². The van der Waals surface area contributed by atoms with E-state index in [1.165, 1.54) is 0 Å². The van der Waals surface area contributed by atoms with Crippen LogP contribution in [0.3, 0.4) is 0 Å². The molecule has 1 heterocycles. The van der Waals surface area contributed by atoms with E-state index in [0.29, 0.717) is 6.20 Å². The molecule has 0 bridgehead atoms. The van der Waals surface area contributed by atoms with Crippen molar-refractivity contribution in [3.8, 4) is 0 Å². The molecular weight excluding hydrogens is 336 g/mol. The van der Waals surface area contributed by atoms with E-state index in [1.54, 1.807) is 6.92 Å². The summed E-state index contributed by atoms with van der Waals surface area (Å²) in [4.78, 5) is 14.4. The molecule has 1 aromatic heterocycles. The summed E-state index contributed by atoms with van der Waals surface area (Å²) in [6.07, 6.45) is -3.80. The Balaban J connectivity index is 2.78. The standard InChI is InChI=1S/C10H9BrClF3N2O/c1-5(11)9(18)17-4-8-7(12)2-6(3-16-8)10(13,14)15/h2-3,5H,4H2,1H3,(H,17,18). The summed E-state index contributed by atoms with van der Waals surface area (Å²) in [6.45, 7) is 1.60. The molecule has 1 atom stereocenters. The van der Waals surface area contributed by atoms with Gasteiger partial charge in [-0.3, -0.25) is 9.78 Å². The summed E-state index contributed by atoms with van der Waals surface area (Å²) in [5, 5.41) is 2.35. The van der Waals surface area contributed by atoms with Crippen LogP contribution in [0, 0.1) is 0 Å². The number of rotatable bonds is 3. The number of pyridine rings is 1. The molecular formula is C10H9BrClF3N2O. The molecule has 100 valence electrons. The van der Waals surface area contributed by atoms with Gasteiger partial charge in [0, 0.05) is 6.20 Å². The highest BCUT2D eigenvalue weighted by Crippen LogP contribution is 2.30. The molecule has 0 fully saturated rings. The number of alkyl halides is 4. The largest absolute Gasteiger partial charge is 0.417 e. The van der Waals surface area contributed by atoms with E-state index in [2.05, 4.69) is 26.2 Å². The van der Waals surface area contributed by atoms with Crippen LogP contribution >= 0.6 is 27.5 Å². The van der Waals surface area contributed by atoms with Crippen LogP contribution in [0.25, 0.3) is 0 Å². The number of hydrogen-bond acceptors (Lipinski definition) is 2. The molecule has 1 amide bonds. The van der Waals surface area contributed by atoms with Crippen molar-refractivity contribution < 1.29 is 18.0 Å². The average molecular weight is 346 g/mol. The zero-order valence-corrected chi connectivity index (χ0v) is 11.5. The van der Waals surface area contributed by atoms with Crippen molar-refractivity contribution >= 4 is 33.4 Å². The number of halogens is 5. The van der Waals surface area contributed by atoms with Crippen molar-refractivity contribution in [3.63, 3.8) is 0 Å². The minimum Gasteiger partial charge on any atom is -0.349 e. The first-order valence-corrected chi connectivity index (χ1v) is 6.14. The Hall–Kier alpha value is -0.820. The molecule has 1 N–H and O–H groups in total. The van der Waals surface area contributed by atoms with E-state index in [0.717, 1.165) is 6.07 Å². The van der Waals surface area contributed by atoms with Gasteiger partial charge in [-0.25, -0.2) is 0 Å². The van der Waals surface area contributed by atoms with E-state index >= 15 is 0 Å². The lowest BCUT2D eigenvalue weighted by molar-refractivity contribution is -0.137. The van der Waals surface area contributed by atoms with Crippen LogP contribution in [0.2, 0.25) is 5.02 Å². The summed E-state index contributed by atoms with van der Waals surface area (Å²) in [5.74, 6) is -0.298. The van der Waals surface area contributed by atoms with Gasteiger partial charge in [0.15, 0.2) is 0 Å². The van der Waals surface area contributed by atoms with E-state index < -0.39 is 16.6 Å². The summed E-state index contributed by atoms with van der Waals surface area (Å²) in [5.41, 5.74) is -0.734. The van der Waals surface area contributed by atoms with Gasteiger partial charge < -0.3 is 5.32 Å². The zero-order chi connectivity index (χ0) is 13.9. The van der Waals surface area contributed by atoms with Gasteiger partial charge in [-0.15, -0.1) is 0 Å². The Morgan fingerprint density at radius 3 is 2.67 bits per heavy atom. The van der Waals surface area contributed by atoms with E-state index in [-0.39, 0.29) is 23.2 Å². The van der Waals surface area contributed by atoms with Gasteiger partial charge in [-0.2, -0.15) is 13.2 Å². The number of hydrogen-bond donors (Lipinski definition) is 1. The van der Waals surface area contributed by atoms with Crippen molar-refractivity contribution in [3.05, 3.63) is 28.5 Å². The van der Waals surface area contributed by atoms with Crippen LogP contribution in [-0.2, 0) is 17.5 Å².